The molecule has 2 N–H and O–H groups in total. The summed E-state index contributed by atoms with van der Waals surface area (Å²) >= 11 is 0. The molecule has 0 radical (unpaired) electrons. The maximum Gasteiger partial charge on any atom is 0.303 e. The molecule has 1 heterocycles. The first-order chi connectivity index (χ1) is 10.0. The Labute approximate surface area is 126 Å². The van der Waals surface area contributed by atoms with Crippen LogP contribution in [0.1, 0.15) is 37.3 Å². The van der Waals surface area contributed by atoms with Gasteiger partial charge in [0.1, 0.15) is 11.9 Å². The summed E-state index contributed by atoms with van der Waals surface area (Å²) in [5.74, 6) is 0.752. The first-order valence-electron chi connectivity index (χ1n) is 7.73. The molecule has 0 aliphatic carbocycles. The number of benzene rings is 1. The van der Waals surface area contributed by atoms with Gasteiger partial charge in [0.25, 0.3) is 0 Å². The first kappa shape index (κ1) is 15.8. The van der Waals surface area contributed by atoms with Gasteiger partial charge < -0.3 is 15.2 Å². The van der Waals surface area contributed by atoms with E-state index in [0.29, 0.717) is 5.92 Å². The third-order valence-electron chi connectivity index (χ3n) is 3.99. The highest BCUT2D eigenvalue weighted by Crippen LogP contribution is 2.29. The average Bonchev–Trinajstić information content (AvgIpc) is 2.83. The molecule has 1 aliphatic heterocycles. The first-order valence-corrected chi connectivity index (χ1v) is 7.73. The lowest BCUT2D eigenvalue weighted by molar-refractivity contribution is -0.137. The summed E-state index contributed by atoms with van der Waals surface area (Å²) in [6, 6.07) is 6.33. The van der Waals surface area contributed by atoms with Crippen molar-refractivity contribution in [2.24, 2.45) is 5.92 Å². The van der Waals surface area contributed by atoms with Crippen LogP contribution in [0.4, 0.5) is 0 Å². The Hall–Kier alpha value is -1.55. The van der Waals surface area contributed by atoms with E-state index in [1.165, 1.54) is 11.1 Å². The van der Waals surface area contributed by atoms with Crippen LogP contribution in [0.25, 0.3) is 0 Å². The molecule has 4 nitrogen and oxygen atoms in total. The number of carboxylic acids is 1. The minimum absolute atomic E-state index is 0.219. The lowest BCUT2D eigenvalue weighted by Gasteiger charge is -2.14. The third-order valence-corrected chi connectivity index (χ3v) is 3.99. The smallest absolute Gasteiger partial charge is 0.303 e. The molecule has 0 aromatic heterocycles. The van der Waals surface area contributed by atoms with Crippen LogP contribution in [0.15, 0.2) is 18.2 Å². The molecule has 2 unspecified atom stereocenters. The highest BCUT2D eigenvalue weighted by molar-refractivity contribution is 5.66. The predicted octanol–water partition coefficient (Wildman–Crippen LogP) is 2.78. The Morgan fingerprint density at radius 3 is 3.05 bits per heavy atom. The zero-order valence-corrected chi connectivity index (χ0v) is 12.9. The monoisotopic (exact) mass is 291 g/mol. The van der Waals surface area contributed by atoms with Crippen LogP contribution in [-0.4, -0.2) is 30.3 Å². The fourth-order valence-electron chi connectivity index (χ4n) is 2.69. The lowest BCUT2D eigenvalue weighted by Crippen LogP contribution is -2.31. The Kier molecular flexibility index (Phi) is 5.62. The average molecular weight is 291 g/mol. The quantitative estimate of drug-likeness (QED) is 0.723. The maximum atomic E-state index is 10.5. The van der Waals surface area contributed by atoms with Gasteiger partial charge in [0.15, 0.2) is 0 Å². The fourth-order valence-corrected chi connectivity index (χ4v) is 2.69. The number of fused-ring (bicyclic) bond motifs is 1. The maximum absolute atomic E-state index is 10.5. The number of ether oxygens (including phenoxy) is 1. The zero-order valence-electron chi connectivity index (χ0n) is 12.9. The van der Waals surface area contributed by atoms with Crippen LogP contribution in [0.3, 0.4) is 0 Å². The van der Waals surface area contributed by atoms with Crippen molar-refractivity contribution in [3.63, 3.8) is 0 Å². The number of hydrogen-bond acceptors (Lipinski definition) is 3. The molecule has 1 aliphatic rings. The van der Waals surface area contributed by atoms with Gasteiger partial charge in [-0.15, -0.1) is 0 Å². The fraction of sp³-hybridized carbons (Fsp3) is 0.588. The molecule has 1 aromatic rings. The highest BCUT2D eigenvalue weighted by Gasteiger charge is 2.22. The SMILES string of the molecule is Cc1ccc2c(c1)CC(CNCCC(C)CCC(=O)O)O2. The molecular formula is C17H25NO3. The van der Waals surface area contributed by atoms with Gasteiger partial charge in [-0.3, -0.25) is 4.79 Å². The number of aliphatic carboxylic acids is 1. The van der Waals surface area contributed by atoms with Crippen molar-refractivity contribution >= 4 is 5.97 Å². The van der Waals surface area contributed by atoms with E-state index >= 15 is 0 Å². The molecular weight excluding hydrogens is 266 g/mol. The second-order valence-electron chi connectivity index (χ2n) is 6.09. The van der Waals surface area contributed by atoms with Gasteiger partial charge in [-0.05, 0) is 43.9 Å². The van der Waals surface area contributed by atoms with Crippen LogP contribution in [0.5, 0.6) is 5.75 Å². The van der Waals surface area contributed by atoms with Crippen molar-refractivity contribution in [3.05, 3.63) is 29.3 Å². The van der Waals surface area contributed by atoms with E-state index in [4.69, 9.17) is 9.84 Å². The number of carboxylic acid groups (broad SMARTS) is 1. The molecule has 0 fully saturated rings. The summed E-state index contributed by atoms with van der Waals surface area (Å²) in [5, 5.41) is 12.1. The van der Waals surface area contributed by atoms with Crippen LogP contribution in [0.2, 0.25) is 0 Å². The molecule has 0 amide bonds. The van der Waals surface area contributed by atoms with Crippen LogP contribution in [-0.2, 0) is 11.2 Å². The molecule has 0 saturated heterocycles. The minimum Gasteiger partial charge on any atom is -0.488 e. The molecule has 2 rings (SSSR count). The summed E-state index contributed by atoms with van der Waals surface area (Å²) in [6.45, 7) is 5.97. The van der Waals surface area contributed by atoms with Crippen molar-refractivity contribution in [3.8, 4) is 5.75 Å². The van der Waals surface area contributed by atoms with Crippen molar-refractivity contribution in [2.45, 2.75) is 45.6 Å². The second-order valence-corrected chi connectivity index (χ2v) is 6.09. The highest BCUT2D eigenvalue weighted by atomic mass is 16.5. The van der Waals surface area contributed by atoms with Gasteiger partial charge in [-0.1, -0.05) is 24.6 Å². The van der Waals surface area contributed by atoms with E-state index in [-0.39, 0.29) is 12.5 Å². The predicted molar refractivity (Wildman–Crippen MR) is 82.8 cm³/mol. The number of rotatable bonds is 8. The molecule has 116 valence electrons. The van der Waals surface area contributed by atoms with Crippen LogP contribution in [0, 0.1) is 12.8 Å². The molecule has 1 aromatic carbocycles. The number of nitrogens with one attached hydrogen (secondary N) is 1. The molecule has 2 atom stereocenters. The molecule has 21 heavy (non-hydrogen) atoms. The van der Waals surface area contributed by atoms with Crippen molar-refractivity contribution in [1.82, 2.24) is 5.32 Å². The van der Waals surface area contributed by atoms with Crippen LogP contribution >= 0.6 is 0 Å². The van der Waals surface area contributed by atoms with E-state index in [1.807, 2.05) is 0 Å². The third kappa shape index (κ3) is 5.05. The molecule has 0 saturated carbocycles. The Morgan fingerprint density at radius 1 is 1.48 bits per heavy atom. The van der Waals surface area contributed by atoms with Gasteiger partial charge in [-0.25, -0.2) is 0 Å². The van der Waals surface area contributed by atoms with Crippen molar-refractivity contribution in [2.75, 3.05) is 13.1 Å². The van der Waals surface area contributed by atoms with E-state index < -0.39 is 5.97 Å². The normalized spacial score (nSPS) is 18.1. The van der Waals surface area contributed by atoms with Gasteiger partial charge >= 0.3 is 5.97 Å². The number of aryl methyl sites for hydroxylation is 1. The zero-order chi connectivity index (χ0) is 15.2. The van der Waals surface area contributed by atoms with Crippen LogP contribution < -0.4 is 10.1 Å². The Morgan fingerprint density at radius 2 is 2.29 bits per heavy atom. The van der Waals surface area contributed by atoms with Gasteiger partial charge in [0.2, 0.25) is 0 Å². The summed E-state index contributed by atoms with van der Waals surface area (Å²) < 4.78 is 5.91. The standard InChI is InChI=1S/C17H25NO3/c1-12(4-6-17(19)20)7-8-18-11-15-10-14-9-13(2)3-5-16(14)21-15/h3,5,9,12,15,18H,4,6-8,10-11H2,1-2H3,(H,19,20). The Bertz CT molecular complexity index is 487. The van der Waals surface area contributed by atoms with Gasteiger partial charge in [-0.2, -0.15) is 0 Å². The van der Waals surface area contributed by atoms with Crippen molar-refractivity contribution in [1.29, 1.82) is 0 Å². The Balaban J connectivity index is 1.61. The van der Waals surface area contributed by atoms with E-state index in [2.05, 4.69) is 37.4 Å². The number of carbonyl (C=O) groups is 1. The van der Waals surface area contributed by atoms with Gasteiger partial charge in [0, 0.05) is 19.4 Å². The summed E-state index contributed by atoms with van der Waals surface area (Å²) in [5.41, 5.74) is 2.58. The summed E-state index contributed by atoms with van der Waals surface area (Å²) in [6.07, 6.45) is 3.21. The molecule has 4 heteroatoms. The van der Waals surface area contributed by atoms with E-state index in [0.717, 1.165) is 38.1 Å². The second kappa shape index (κ2) is 7.46. The van der Waals surface area contributed by atoms with Gasteiger partial charge in [0.05, 0.1) is 0 Å². The number of hydrogen-bond donors (Lipinski definition) is 2. The topological polar surface area (TPSA) is 58.6 Å². The minimum atomic E-state index is -0.706. The lowest BCUT2D eigenvalue weighted by atomic mass is 10.0. The van der Waals surface area contributed by atoms with E-state index in [1.54, 1.807) is 0 Å². The van der Waals surface area contributed by atoms with Crippen molar-refractivity contribution < 1.29 is 14.6 Å². The molecule has 0 bridgehead atoms. The summed E-state index contributed by atoms with van der Waals surface area (Å²) in [4.78, 5) is 10.5. The largest absolute Gasteiger partial charge is 0.488 e. The van der Waals surface area contributed by atoms with E-state index in [9.17, 15) is 4.79 Å². The summed E-state index contributed by atoms with van der Waals surface area (Å²) in [7, 11) is 0. The molecule has 0 spiro atoms.